The Morgan fingerprint density at radius 2 is 1.59 bits per heavy atom. The molecule has 3 aromatic rings. The first-order valence-electron chi connectivity index (χ1n) is 11.0. The number of anilines is 1. The smallest absolute Gasteiger partial charge is 0.243 e. The Morgan fingerprint density at radius 3 is 2.21 bits per heavy atom. The predicted molar refractivity (Wildman–Crippen MR) is 140 cm³/mol. The third kappa shape index (κ3) is 7.53. The molecule has 0 spiro atoms. The fourth-order valence-electron chi connectivity index (χ4n) is 3.36. The molecule has 6 nitrogen and oxygen atoms in total. The minimum absolute atomic E-state index is 0.342. The molecule has 0 unspecified atom stereocenters. The van der Waals surface area contributed by atoms with Gasteiger partial charge >= 0.3 is 0 Å². The van der Waals surface area contributed by atoms with Gasteiger partial charge in [-0.3, -0.25) is 9.10 Å². The number of nitrogens with one attached hydrogen (secondary N) is 1. The maximum absolute atomic E-state index is 12.7. The van der Waals surface area contributed by atoms with E-state index in [1.54, 1.807) is 43.0 Å². The van der Waals surface area contributed by atoms with E-state index in [1.165, 1.54) is 11.1 Å². The molecule has 1 N–H and O–H groups in total. The molecule has 0 saturated heterocycles. The Hall–Kier alpha value is -2.97. The number of thioether (sulfide) groups is 1. The van der Waals surface area contributed by atoms with Crippen LogP contribution in [0.25, 0.3) is 0 Å². The van der Waals surface area contributed by atoms with Gasteiger partial charge in [0.15, 0.2) is 0 Å². The maximum Gasteiger partial charge on any atom is 0.243 e. The van der Waals surface area contributed by atoms with Crippen LogP contribution in [0.2, 0.25) is 0 Å². The summed E-state index contributed by atoms with van der Waals surface area (Å²) in [4.78, 5) is 12.7. The Balaban J connectivity index is 1.56. The molecule has 180 valence electrons. The Kier molecular flexibility index (Phi) is 9.01. The van der Waals surface area contributed by atoms with E-state index in [2.05, 4.69) is 36.5 Å². The van der Waals surface area contributed by atoms with Crippen LogP contribution in [0.15, 0.2) is 78.9 Å². The molecule has 0 saturated carbocycles. The largest absolute Gasteiger partial charge is 0.457 e. The summed E-state index contributed by atoms with van der Waals surface area (Å²) in [6.45, 7) is 4.10. The molecule has 0 fully saturated rings. The molecule has 1 atom stereocenters. The highest BCUT2D eigenvalue weighted by atomic mass is 32.2. The minimum atomic E-state index is -3.68. The number of hydrogen-bond donors (Lipinski definition) is 1. The number of rotatable bonds is 11. The van der Waals surface area contributed by atoms with Gasteiger partial charge in [0, 0.05) is 18.1 Å². The van der Waals surface area contributed by atoms with Crippen LogP contribution in [0.5, 0.6) is 11.5 Å². The molecule has 0 aliphatic rings. The van der Waals surface area contributed by atoms with Gasteiger partial charge in [-0.05, 0) is 55.8 Å². The van der Waals surface area contributed by atoms with E-state index < -0.39 is 16.1 Å². The summed E-state index contributed by atoms with van der Waals surface area (Å²) in [5, 5.41) is 2.85. The Bertz CT molecular complexity index is 1170. The first-order chi connectivity index (χ1) is 16.2. The molecule has 0 heterocycles. The molecule has 0 radical (unpaired) electrons. The molecule has 3 aromatic carbocycles. The third-order valence-electron chi connectivity index (χ3n) is 5.09. The van der Waals surface area contributed by atoms with Crippen LogP contribution in [-0.2, 0) is 20.6 Å². The second-order valence-corrected chi connectivity index (χ2v) is 10.9. The van der Waals surface area contributed by atoms with Gasteiger partial charge in [-0.25, -0.2) is 8.42 Å². The van der Waals surface area contributed by atoms with Crippen LogP contribution in [0.3, 0.4) is 0 Å². The predicted octanol–water partition coefficient (Wildman–Crippen LogP) is 4.99. The van der Waals surface area contributed by atoms with E-state index in [0.29, 0.717) is 23.7 Å². The number of benzene rings is 3. The highest BCUT2D eigenvalue weighted by Crippen LogP contribution is 2.27. The lowest BCUT2D eigenvalue weighted by Gasteiger charge is -2.28. The molecule has 1 amide bonds. The zero-order valence-electron chi connectivity index (χ0n) is 19.6. The fourth-order valence-corrected chi connectivity index (χ4v) is 5.36. The molecule has 0 aliphatic heterocycles. The van der Waals surface area contributed by atoms with E-state index >= 15 is 0 Å². The van der Waals surface area contributed by atoms with Crippen LogP contribution < -0.4 is 14.4 Å². The summed E-state index contributed by atoms with van der Waals surface area (Å²) >= 11 is 1.72. The monoisotopic (exact) mass is 498 g/mol. The maximum atomic E-state index is 12.7. The van der Waals surface area contributed by atoms with Gasteiger partial charge in [-0.15, -0.1) is 0 Å². The normalized spacial score (nSPS) is 12.1. The van der Waals surface area contributed by atoms with Crippen molar-refractivity contribution in [3.05, 3.63) is 90.0 Å². The van der Waals surface area contributed by atoms with Crippen molar-refractivity contribution in [1.82, 2.24) is 5.32 Å². The molecule has 0 aromatic heterocycles. The van der Waals surface area contributed by atoms with Gasteiger partial charge in [0.2, 0.25) is 15.9 Å². The van der Waals surface area contributed by atoms with Crippen LogP contribution in [0, 0.1) is 6.92 Å². The average Bonchev–Trinajstić information content (AvgIpc) is 2.81. The van der Waals surface area contributed by atoms with Crippen molar-refractivity contribution in [2.45, 2.75) is 25.6 Å². The van der Waals surface area contributed by atoms with Gasteiger partial charge < -0.3 is 10.1 Å². The number of sulfonamides is 1. The lowest BCUT2D eigenvalue weighted by atomic mass is 10.2. The summed E-state index contributed by atoms with van der Waals surface area (Å²) in [5.74, 6) is 2.51. The van der Waals surface area contributed by atoms with Crippen molar-refractivity contribution in [2.75, 3.05) is 22.9 Å². The molecule has 34 heavy (non-hydrogen) atoms. The fraction of sp³-hybridized carbons (Fsp3) is 0.269. The summed E-state index contributed by atoms with van der Waals surface area (Å²) < 4.78 is 31.9. The van der Waals surface area contributed by atoms with Crippen LogP contribution in [-0.4, -0.2) is 38.9 Å². The number of hydrogen-bond acceptors (Lipinski definition) is 5. The number of nitrogens with zero attached hydrogens (tertiary/aromatic N) is 1. The molecule has 0 bridgehead atoms. The van der Waals surface area contributed by atoms with Gasteiger partial charge in [0.25, 0.3) is 0 Å². The summed E-state index contributed by atoms with van der Waals surface area (Å²) in [6, 6.07) is 23.4. The zero-order chi connectivity index (χ0) is 24.6. The van der Waals surface area contributed by atoms with Gasteiger partial charge in [0.1, 0.15) is 17.5 Å². The second-order valence-electron chi connectivity index (χ2n) is 7.97. The van der Waals surface area contributed by atoms with Crippen molar-refractivity contribution < 1.29 is 17.9 Å². The van der Waals surface area contributed by atoms with Crippen molar-refractivity contribution in [3.63, 3.8) is 0 Å². The second kappa shape index (κ2) is 11.9. The van der Waals surface area contributed by atoms with E-state index in [9.17, 15) is 13.2 Å². The number of aryl methyl sites for hydroxylation is 1. The molecular formula is C26H30N2O4S2. The van der Waals surface area contributed by atoms with Crippen molar-refractivity contribution in [1.29, 1.82) is 0 Å². The van der Waals surface area contributed by atoms with E-state index in [-0.39, 0.29) is 5.91 Å². The molecule has 8 heteroatoms. The highest BCUT2D eigenvalue weighted by molar-refractivity contribution is 7.98. The summed E-state index contributed by atoms with van der Waals surface area (Å²) in [6.07, 6.45) is 1.10. The first-order valence-corrected chi connectivity index (χ1v) is 14.0. The average molecular weight is 499 g/mol. The molecule has 0 aliphatic carbocycles. The van der Waals surface area contributed by atoms with E-state index in [1.807, 2.05) is 30.3 Å². The van der Waals surface area contributed by atoms with Crippen molar-refractivity contribution in [2.24, 2.45) is 0 Å². The molecule has 3 rings (SSSR count). The number of para-hydroxylation sites is 1. The van der Waals surface area contributed by atoms with Crippen LogP contribution >= 0.6 is 11.8 Å². The lowest BCUT2D eigenvalue weighted by molar-refractivity contribution is -0.121. The highest BCUT2D eigenvalue weighted by Gasteiger charge is 2.28. The Morgan fingerprint density at radius 1 is 0.971 bits per heavy atom. The molecular weight excluding hydrogens is 468 g/mol. The number of ether oxygens (including phenoxy) is 1. The number of carbonyl (C=O) groups is 1. The summed E-state index contributed by atoms with van der Waals surface area (Å²) in [5.41, 5.74) is 2.86. The van der Waals surface area contributed by atoms with Crippen molar-refractivity contribution in [3.8, 4) is 11.5 Å². The number of carbonyl (C=O) groups excluding carboxylic acids is 1. The van der Waals surface area contributed by atoms with Crippen LogP contribution in [0.1, 0.15) is 18.1 Å². The Labute approximate surface area is 206 Å². The quantitative estimate of drug-likeness (QED) is 0.377. The number of amides is 1. The van der Waals surface area contributed by atoms with E-state index in [4.69, 9.17) is 4.74 Å². The summed E-state index contributed by atoms with van der Waals surface area (Å²) in [7, 11) is -3.68. The van der Waals surface area contributed by atoms with Gasteiger partial charge in [-0.1, -0.05) is 48.0 Å². The van der Waals surface area contributed by atoms with Crippen LogP contribution in [0.4, 0.5) is 5.69 Å². The topological polar surface area (TPSA) is 75.7 Å². The van der Waals surface area contributed by atoms with Crippen molar-refractivity contribution >= 4 is 33.4 Å². The van der Waals surface area contributed by atoms with Gasteiger partial charge in [-0.2, -0.15) is 11.8 Å². The SMILES string of the molecule is Cc1ccc(CSCCNC(=O)[C@H](C)N(c2ccc(Oc3ccccc3)cc2)S(C)(=O)=O)cc1. The zero-order valence-corrected chi connectivity index (χ0v) is 21.2. The first kappa shape index (κ1) is 25.6. The lowest BCUT2D eigenvalue weighted by Crippen LogP contribution is -2.48. The third-order valence-corrected chi connectivity index (χ3v) is 7.37. The van der Waals surface area contributed by atoms with Gasteiger partial charge in [0.05, 0.1) is 11.9 Å². The standard InChI is InChI=1S/C26H30N2O4S2/c1-20-9-11-22(12-10-20)19-33-18-17-27-26(29)21(2)28(34(3,30)31)23-13-15-25(16-14-23)32-24-7-5-4-6-8-24/h4-16,21H,17-19H2,1-3H3,(H,27,29)/t21-/m0/s1. The van der Waals surface area contributed by atoms with E-state index in [0.717, 1.165) is 22.1 Å². The minimum Gasteiger partial charge on any atom is -0.457 e.